The van der Waals surface area contributed by atoms with Gasteiger partial charge in [0.05, 0.1) is 37.4 Å². The van der Waals surface area contributed by atoms with Gasteiger partial charge >= 0.3 is 7.82 Å². The maximum Gasteiger partial charge on any atom is 0.469 e. The van der Waals surface area contributed by atoms with Crippen LogP contribution in [-0.4, -0.2) is 76.4 Å². The van der Waals surface area contributed by atoms with Gasteiger partial charge in [-0.15, -0.1) is 0 Å². The van der Waals surface area contributed by atoms with Gasteiger partial charge in [-0.1, -0.05) is 0 Å². The fourth-order valence-electron chi connectivity index (χ4n) is 4.80. The van der Waals surface area contributed by atoms with Crippen molar-refractivity contribution in [3.8, 4) is 0 Å². The maximum atomic E-state index is 11.7. The van der Waals surface area contributed by atoms with E-state index in [4.69, 9.17) is 35.5 Å². The molecule has 4 aromatic rings. The molecule has 4 aromatic heterocycles. The molecular weight excluding hydrogens is 549 g/mol. The summed E-state index contributed by atoms with van der Waals surface area (Å²) < 4.78 is 35.3. The summed E-state index contributed by atoms with van der Waals surface area (Å²) >= 11 is 0. The Labute approximate surface area is 226 Å². The summed E-state index contributed by atoms with van der Waals surface area (Å²) in [6.07, 6.45) is 5.33. The number of nitrogens with zero attached hydrogens (tertiary/aromatic N) is 6. The minimum atomic E-state index is -4.47. The highest BCUT2D eigenvalue weighted by atomic mass is 31.2. The summed E-state index contributed by atoms with van der Waals surface area (Å²) in [5.41, 5.74) is 13.2. The first-order valence-corrected chi connectivity index (χ1v) is 14.0. The summed E-state index contributed by atoms with van der Waals surface area (Å²) in [7, 11) is -2.82. The van der Waals surface area contributed by atoms with Gasteiger partial charge in [0.15, 0.2) is 17.0 Å². The zero-order valence-electron chi connectivity index (χ0n) is 21.5. The lowest BCUT2D eigenvalue weighted by Crippen LogP contribution is -2.16. The van der Waals surface area contributed by atoms with E-state index < -0.39 is 7.82 Å². The number of nitrogens with one attached hydrogen (secondary N) is 1. The number of imidazole rings is 1. The molecule has 17 nitrogen and oxygen atoms in total. The molecule has 4 atom stereocenters. The zero-order chi connectivity index (χ0) is 28.4. The number of nitrogens with two attached hydrogens (primary N) is 2. The van der Waals surface area contributed by atoms with E-state index in [1.54, 1.807) is 22.5 Å². The molecule has 2 saturated heterocycles. The van der Waals surface area contributed by atoms with Crippen LogP contribution >= 0.6 is 7.82 Å². The molecule has 4 unspecified atom stereocenters. The monoisotopic (exact) mass is 579 g/mol. The highest BCUT2D eigenvalue weighted by Gasteiger charge is 2.31. The lowest BCUT2D eigenvalue weighted by atomic mass is 10.1. The number of phosphoric ester groups is 1. The van der Waals surface area contributed by atoms with Crippen molar-refractivity contribution in [2.45, 2.75) is 50.2 Å². The molecule has 6 heterocycles. The smallest absolute Gasteiger partial charge is 0.382 e. The maximum absolute atomic E-state index is 11.7. The number of methoxy groups -OCH3 is 1. The minimum absolute atomic E-state index is 0.0618. The molecule has 7 N–H and O–H groups in total. The number of aromatic nitrogens is 7. The Balaban J connectivity index is 0.000000162. The number of rotatable bonds is 7. The highest BCUT2D eigenvalue weighted by Crippen LogP contribution is 2.39. The van der Waals surface area contributed by atoms with E-state index in [9.17, 15) is 9.36 Å². The number of H-pyrrole nitrogens is 1. The second kappa shape index (κ2) is 11.6. The third-order valence-corrected chi connectivity index (χ3v) is 7.06. The Morgan fingerprint density at radius 1 is 1.12 bits per heavy atom. The van der Waals surface area contributed by atoms with Crippen LogP contribution < -0.4 is 17.0 Å². The van der Waals surface area contributed by atoms with Crippen LogP contribution in [0, 0.1) is 0 Å². The second-order valence-corrected chi connectivity index (χ2v) is 10.6. The highest BCUT2D eigenvalue weighted by molar-refractivity contribution is 7.46. The summed E-state index contributed by atoms with van der Waals surface area (Å²) in [6.45, 7) is 0.417. The zero-order valence-corrected chi connectivity index (χ0v) is 22.4. The molecule has 40 heavy (non-hydrogen) atoms. The van der Waals surface area contributed by atoms with Crippen molar-refractivity contribution in [3.63, 3.8) is 0 Å². The van der Waals surface area contributed by atoms with Gasteiger partial charge in [-0.3, -0.25) is 18.9 Å². The summed E-state index contributed by atoms with van der Waals surface area (Å²) in [4.78, 5) is 43.6. The molecule has 0 aliphatic carbocycles. The predicted octanol–water partition coefficient (Wildman–Crippen LogP) is 0.667. The van der Waals surface area contributed by atoms with Crippen molar-refractivity contribution >= 4 is 36.3 Å². The first-order valence-electron chi connectivity index (χ1n) is 12.4. The summed E-state index contributed by atoms with van der Waals surface area (Å²) in [5.74, 6) is 0.460. The van der Waals surface area contributed by atoms with Gasteiger partial charge in [-0.2, -0.15) is 10.1 Å². The quantitative estimate of drug-likeness (QED) is 0.189. The van der Waals surface area contributed by atoms with Crippen LogP contribution in [0.5, 0.6) is 0 Å². The number of hydrogen-bond donors (Lipinski definition) is 5. The van der Waals surface area contributed by atoms with Crippen molar-refractivity contribution in [1.82, 2.24) is 34.1 Å². The third kappa shape index (κ3) is 6.15. The van der Waals surface area contributed by atoms with E-state index in [0.29, 0.717) is 36.4 Å². The third-order valence-electron chi connectivity index (χ3n) is 6.58. The lowest BCUT2D eigenvalue weighted by Gasteiger charge is -2.14. The van der Waals surface area contributed by atoms with Crippen molar-refractivity contribution in [2.24, 2.45) is 0 Å². The minimum Gasteiger partial charge on any atom is -0.382 e. The molecule has 216 valence electrons. The Kier molecular flexibility index (Phi) is 8.14. The number of nitrogen functional groups attached to an aromatic ring is 2. The number of aromatic amines is 1. The van der Waals surface area contributed by atoms with Crippen LogP contribution in [-0.2, 0) is 23.3 Å². The van der Waals surface area contributed by atoms with Crippen molar-refractivity contribution in [2.75, 3.05) is 31.8 Å². The fraction of sp³-hybridized carbons (Fsp3) is 0.500. The van der Waals surface area contributed by atoms with Crippen LogP contribution in [0.4, 0.5) is 11.8 Å². The van der Waals surface area contributed by atoms with Gasteiger partial charge in [-0.25, -0.2) is 19.0 Å². The Bertz CT molecular complexity index is 1580. The van der Waals surface area contributed by atoms with Crippen molar-refractivity contribution in [1.29, 1.82) is 0 Å². The predicted molar refractivity (Wildman–Crippen MR) is 140 cm³/mol. The summed E-state index contributed by atoms with van der Waals surface area (Å²) in [5, 5.41) is 4.15. The van der Waals surface area contributed by atoms with Gasteiger partial charge in [0.1, 0.15) is 24.2 Å². The Hall–Kier alpha value is -3.44. The Morgan fingerprint density at radius 2 is 1.90 bits per heavy atom. The van der Waals surface area contributed by atoms with E-state index in [1.807, 2.05) is 12.1 Å². The van der Waals surface area contributed by atoms with Gasteiger partial charge in [-0.05, 0) is 37.8 Å². The Morgan fingerprint density at radius 3 is 2.67 bits per heavy atom. The van der Waals surface area contributed by atoms with E-state index in [0.717, 1.165) is 18.5 Å². The van der Waals surface area contributed by atoms with Crippen LogP contribution in [0.15, 0.2) is 29.6 Å². The first-order chi connectivity index (χ1) is 19.1. The molecule has 2 fully saturated rings. The number of hydrogen-bond acceptors (Lipinski definition) is 12. The molecule has 0 spiro atoms. The van der Waals surface area contributed by atoms with Crippen molar-refractivity contribution < 1.29 is 33.1 Å². The first kappa shape index (κ1) is 28.1. The molecule has 0 amide bonds. The molecule has 2 aliphatic heterocycles. The number of ether oxygens (including phenoxy) is 3. The van der Waals surface area contributed by atoms with Crippen molar-refractivity contribution in [3.05, 3.63) is 40.8 Å². The van der Waals surface area contributed by atoms with Gasteiger partial charge < -0.3 is 35.5 Å². The largest absolute Gasteiger partial charge is 0.469 e. The standard InChI is InChI=1S/C11H15N5O3.C11H15N4O5P/c1-18-4-6-2-3-7(19-6)16-5-13-8-9(16)14-11(12)15-10(8)17;12-11-9-3-2-8(15(9)14-6-13-11)10-4-1-7(20-10)5-19-21(16,17)18/h5-7H,2-4H2,1H3,(H3,12,14,15,17);2-3,6-7,10H,1,4-5H2,(H2,12,13,14)(H2,16,17,18). The van der Waals surface area contributed by atoms with Gasteiger partial charge in [0.25, 0.3) is 5.56 Å². The normalized spacial score (nSPS) is 23.1. The number of anilines is 2. The van der Waals surface area contributed by atoms with E-state index in [-0.39, 0.29) is 48.2 Å². The number of fused-ring (bicyclic) bond motifs is 2. The molecule has 2 aliphatic rings. The van der Waals surface area contributed by atoms with Gasteiger partial charge in [0.2, 0.25) is 5.95 Å². The molecule has 0 aromatic carbocycles. The average molecular weight is 580 g/mol. The molecule has 0 saturated carbocycles. The molecular formula is C22H30N9O8P. The molecule has 0 radical (unpaired) electrons. The van der Waals surface area contributed by atoms with E-state index >= 15 is 0 Å². The van der Waals surface area contributed by atoms with E-state index in [1.165, 1.54) is 6.33 Å². The van der Waals surface area contributed by atoms with Crippen LogP contribution in [0.25, 0.3) is 16.7 Å². The van der Waals surface area contributed by atoms with E-state index in [2.05, 4.69) is 29.6 Å². The number of phosphoric acid groups is 1. The summed E-state index contributed by atoms with van der Waals surface area (Å²) in [6, 6.07) is 3.67. The fourth-order valence-corrected chi connectivity index (χ4v) is 5.16. The van der Waals surface area contributed by atoms with Gasteiger partial charge in [0, 0.05) is 7.11 Å². The van der Waals surface area contributed by atoms with Crippen LogP contribution in [0.1, 0.15) is 43.7 Å². The van der Waals surface area contributed by atoms with Crippen LogP contribution in [0.3, 0.4) is 0 Å². The SMILES string of the molecule is COCC1CCC(n2cnc3c(=O)[nH]c(N)nc32)O1.Nc1ncnn2c(C3CCC(COP(=O)(O)O)O3)ccc12. The topological polar surface area (TPSA) is 240 Å². The molecule has 6 rings (SSSR count). The second-order valence-electron chi connectivity index (χ2n) is 9.33. The molecule has 18 heteroatoms. The molecule has 0 bridgehead atoms. The lowest BCUT2D eigenvalue weighted by molar-refractivity contribution is -0.0300. The average Bonchev–Trinajstić information content (AvgIpc) is 3.69. The van der Waals surface area contributed by atoms with Crippen LogP contribution in [0.2, 0.25) is 0 Å².